The van der Waals surface area contributed by atoms with Crippen LogP contribution in [-0.4, -0.2) is 4.98 Å². The minimum atomic E-state index is 1.05. The van der Waals surface area contributed by atoms with Crippen LogP contribution in [0.15, 0.2) is 24.4 Å². The van der Waals surface area contributed by atoms with E-state index in [1.165, 1.54) is 39.1 Å². The van der Waals surface area contributed by atoms with E-state index in [4.69, 9.17) is 0 Å². The smallest absolute Gasteiger partial charge is 0.0743 e. The van der Waals surface area contributed by atoms with Gasteiger partial charge in [0.1, 0.15) is 0 Å². The Morgan fingerprint density at radius 1 is 1.00 bits per heavy atom. The van der Waals surface area contributed by atoms with Gasteiger partial charge in [-0.05, 0) is 48.6 Å². The SMILES string of the molecule is Cc1cnc2c(c1C)Cc1c(C)cccc1-2. The zero-order valence-electron chi connectivity index (χ0n) is 9.96. The molecule has 0 spiro atoms. The van der Waals surface area contributed by atoms with Gasteiger partial charge in [0.25, 0.3) is 0 Å². The van der Waals surface area contributed by atoms with Gasteiger partial charge >= 0.3 is 0 Å². The van der Waals surface area contributed by atoms with Crippen molar-refractivity contribution in [3.8, 4) is 11.3 Å². The number of hydrogen-bond donors (Lipinski definition) is 0. The van der Waals surface area contributed by atoms with Crippen LogP contribution in [0.3, 0.4) is 0 Å². The van der Waals surface area contributed by atoms with Gasteiger partial charge in [0.15, 0.2) is 0 Å². The van der Waals surface area contributed by atoms with Gasteiger partial charge in [0, 0.05) is 18.2 Å². The van der Waals surface area contributed by atoms with E-state index >= 15 is 0 Å². The van der Waals surface area contributed by atoms with Crippen LogP contribution in [0.2, 0.25) is 0 Å². The lowest BCUT2D eigenvalue weighted by atomic mass is 10.0. The highest BCUT2D eigenvalue weighted by atomic mass is 14.7. The molecule has 0 atom stereocenters. The van der Waals surface area contributed by atoms with E-state index in [0.717, 1.165) is 6.42 Å². The van der Waals surface area contributed by atoms with Gasteiger partial charge in [-0.2, -0.15) is 0 Å². The van der Waals surface area contributed by atoms with Crippen molar-refractivity contribution in [1.29, 1.82) is 0 Å². The summed E-state index contributed by atoms with van der Waals surface area (Å²) in [6, 6.07) is 6.50. The first-order valence-corrected chi connectivity index (χ1v) is 5.72. The van der Waals surface area contributed by atoms with Gasteiger partial charge < -0.3 is 0 Å². The lowest BCUT2D eigenvalue weighted by Gasteiger charge is -2.05. The third-order valence-corrected chi connectivity index (χ3v) is 3.74. The third-order valence-electron chi connectivity index (χ3n) is 3.74. The summed E-state index contributed by atoms with van der Waals surface area (Å²) in [4.78, 5) is 4.60. The van der Waals surface area contributed by atoms with Crippen LogP contribution in [-0.2, 0) is 6.42 Å². The fourth-order valence-electron chi connectivity index (χ4n) is 2.54. The Bertz CT molecular complexity index is 582. The first kappa shape index (κ1) is 9.59. The zero-order chi connectivity index (χ0) is 11.3. The maximum absolute atomic E-state index is 4.60. The number of pyridine rings is 1. The van der Waals surface area contributed by atoms with Gasteiger partial charge in [-0.25, -0.2) is 0 Å². The second-order valence-corrected chi connectivity index (χ2v) is 4.67. The zero-order valence-corrected chi connectivity index (χ0v) is 9.96. The molecule has 0 saturated carbocycles. The average Bonchev–Trinajstić information content (AvgIpc) is 2.65. The van der Waals surface area contributed by atoms with Gasteiger partial charge in [-0.1, -0.05) is 18.2 Å². The summed E-state index contributed by atoms with van der Waals surface area (Å²) in [6.45, 7) is 6.53. The Kier molecular flexibility index (Phi) is 1.90. The molecule has 0 unspecified atom stereocenters. The second kappa shape index (κ2) is 3.18. The number of aromatic nitrogens is 1. The van der Waals surface area contributed by atoms with Crippen LogP contribution in [0.4, 0.5) is 0 Å². The summed E-state index contributed by atoms with van der Waals surface area (Å²) >= 11 is 0. The summed E-state index contributed by atoms with van der Waals surface area (Å²) in [6.07, 6.45) is 3.05. The number of fused-ring (bicyclic) bond motifs is 3. The molecule has 1 heteroatoms. The number of hydrogen-bond acceptors (Lipinski definition) is 1. The molecule has 1 nitrogen and oxygen atoms in total. The highest BCUT2D eigenvalue weighted by molar-refractivity contribution is 5.76. The van der Waals surface area contributed by atoms with E-state index in [1.807, 2.05) is 6.20 Å². The minimum absolute atomic E-state index is 1.05. The van der Waals surface area contributed by atoms with E-state index in [2.05, 4.69) is 44.0 Å². The standard InChI is InChI=1S/C15H15N/c1-9-5-4-6-12-13(9)7-14-11(3)10(2)8-16-15(12)14/h4-6,8H,7H2,1-3H3. The molecule has 1 aliphatic carbocycles. The van der Waals surface area contributed by atoms with Crippen LogP contribution in [0.5, 0.6) is 0 Å². The molecule has 1 aromatic carbocycles. The molecule has 80 valence electrons. The maximum Gasteiger partial charge on any atom is 0.0743 e. The summed E-state index contributed by atoms with van der Waals surface area (Å²) in [5.41, 5.74) is 9.49. The second-order valence-electron chi connectivity index (χ2n) is 4.67. The fourth-order valence-corrected chi connectivity index (χ4v) is 2.54. The van der Waals surface area contributed by atoms with Crippen molar-refractivity contribution in [1.82, 2.24) is 4.98 Å². The van der Waals surface area contributed by atoms with Crippen molar-refractivity contribution < 1.29 is 0 Å². The molecule has 0 aliphatic heterocycles. The Hall–Kier alpha value is -1.63. The predicted molar refractivity (Wildman–Crippen MR) is 66.7 cm³/mol. The molecule has 1 aromatic heterocycles. The summed E-state index contributed by atoms with van der Waals surface area (Å²) in [5, 5.41) is 0. The van der Waals surface area contributed by atoms with Gasteiger partial charge in [0.05, 0.1) is 5.69 Å². The first-order valence-electron chi connectivity index (χ1n) is 5.72. The molecule has 2 aromatic rings. The third kappa shape index (κ3) is 1.15. The van der Waals surface area contributed by atoms with Crippen LogP contribution in [0.25, 0.3) is 11.3 Å². The number of nitrogens with zero attached hydrogens (tertiary/aromatic N) is 1. The quantitative estimate of drug-likeness (QED) is 0.551. The van der Waals surface area contributed by atoms with Crippen molar-refractivity contribution in [3.63, 3.8) is 0 Å². The molecule has 3 rings (SSSR count). The fraction of sp³-hybridized carbons (Fsp3) is 0.267. The van der Waals surface area contributed by atoms with E-state index in [-0.39, 0.29) is 0 Å². The van der Waals surface area contributed by atoms with Crippen molar-refractivity contribution in [2.75, 3.05) is 0 Å². The number of benzene rings is 1. The average molecular weight is 209 g/mol. The highest BCUT2D eigenvalue weighted by Gasteiger charge is 2.22. The van der Waals surface area contributed by atoms with Crippen molar-refractivity contribution in [3.05, 3.63) is 52.2 Å². The molecule has 0 radical (unpaired) electrons. The van der Waals surface area contributed by atoms with Crippen molar-refractivity contribution in [2.45, 2.75) is 27.2 Å². The lowest BCUT2D eigenvalue weighted by molar-refractivity contribution is 1.13. The topological polar surface area (TPSA) is 12.9 Å². The Morgan fingerprint density at radius 3 is 2.62 bits per heavy atom. The summed E-state index contributed by atoms with van der Waals surface area (Å²) < 4.78 is 0. The number of aryl methyl sites for hydroxylation is 2. The van der Waals surface area contributed by atoms with Gasteiger partial charge in [-0.15, -0.1) is 0 Å². The predicted octanol–water partition coefficient (Wildman–Crippen LogP) is 3.58. The van der Waals surface area contributed by atoms with Crippen LogP contribution >= 0.6 is 0 Å². The Labute approximate surface area is 96.2 Å². The normalized spacial score (nSPS) is 12.4. The monoisotopic (exact) mass is 209 g/mol. The largest absolute Gasteiger partial charge is 0.256 e. The summed E-state index contributed by atoms with van der Waals surface area (Å²) in [7, 11) is 0. The van der Waals surface area contributed by atoms with E-state index in [9.17, 15) is 0 Å². The number of rotatable bonds is 0. The molecule has 0 saturated heterocycles. The molecular weight excluding hydrogens is 194 g/mol. The lowest BCUT2D eigenvalue weighted by Crippen LogP contribution is -1.92. The first-order chi connectivity index (χ1) is 7.68. The molecule has 1 aliphatic rings. The van der Waals surface area contributed by atoms with Crippen molar-refractivity contribution >= 4 is 0 Å². The molecule has 0 fully saturated rings. The van der Waals surface area contributed by atoms with Crippen LogP contribution in [0, 0.1) is 20.8 Å². The molecule has 16 heavy (non-hydrogen) atoms. The Morgan fingerprint density at radius 2 is 1.81 bits per heavy atom. The molecule has 0 amide bonds. The molecule has 1 heterocycles. The molecule has 0 bridgehead atoms. The van der Waals surface area contributed by atoms with Gasteiger partial charge in [0.2, 0.25) is 0 Å². The van der Waals surface area contributed by atoms with Gasteiger partial charge in [-0.3, -0.25) is 4.98 Å². The van der Waals surface area contributed by atoms with Crippen molar-refractivity contribution in [2.24, 2.45) is 0 Å². The Balaban J connectivity index is 2.32. The highest BCUT2D eigenvalue weighted by Crippen LogP contribution is 2.38. The van der Waals surface area contributed by atoms with E-state index < -0.39 is 0 Å². The van der Waals surface area contributed by atoms with Crippen LogP contribution < -0.4 is 0 Å². The van der Waals surface area contributed by atoms with Crippen LogP contribution in [0.1, 0.15) is 27.8 Å². The summed E-state index contributed by atoms with van der Waals surface area (Å²) in [5.74, 6) is 0. The minimum Gasteiger partial charge on any atom is -0.256 e. The van der Waals surface area contributed by atoms with E-state index in [1.54, 1.807) is 0 Å². The molecule has 0 N–H and O–H groups in total. The van der Waals surface area contributed by atoms with E-state index in [0.29, 0.717) is 0 Å². The molecular formula is C15H15N. The maximum atomic E-state index is 4.60.